The average molecular weight is 290 g/mol. The lowest BCUT2D eigenvalue weighted by Crippen LogP contribution is -2.58. The largest absolute Gasteiger partial charge is 0.482 e. The number of nitrogens with one attached hydrogen (secondary N) is 2. The molecule has 0 aromatic heterocycles. The fourth-order valence-corrected chi connectivity index (χ4v) is 2.99. The molecule has 5 heteroatoms. The van der Waals surface area contributed by atoms with E-state index in [1.54, 1.807) is 0 Å². The SMILES string of the molecule is CCOC1CC(Nc2ccc3c(c2)NC(=O)CO3)C1(C)C. The van der Waals surface area contributed by atoms with Gasteiger partial charge in [0.2, 0.25) is 0 Å². The van der Waals surface area contributed by atoms with E-state index < -0.39 is 0 Å². The van der Waals surface area contributed by atoms with E-state index in [1.165, 1.54) is 0 Å². The van der Waals surface area contributed by atoms with Gasteiger partial charge in [-0.2, -0.15) is 0 Å². The summed E-state index contributed by atoms with van der Waals surface area (Å²) in [6.45, 7) is 7.31. The van der Waals surface area contributed by atoms with Crippen molar-refractivity contribution in [3.63, 3.8) is 0 Å². The van der Waals surface area contributed by atoms with Crippen LogP contribution in [0.1, 0.15) is 27.2 Å². The third-order valence-corrected chi connectivity index (χ3v) is 4.50. The Labute approximate surface area is 125 Å². The van der Waals surface area contributed by atoms with Crippen LogP contribution in [0.5, 0.6) is 5.75 Å². The normalized spacial score (nSPS) is 26.1. The smallest absolute Gasteiger partial charge is 0.262 e. The van der Waals surface area contributed by atoms with Crippen molar-refractivity contribution in [3.05, 3.63) is 18.2 Å². The molecule has 3 rings (SSSR count). The molecule has 21 heavy (non-hydrogen) atoms. The first-order valence-corrected chi connectivity index (χ1v) is 7.45. The number of carbonyl (C=O) groups excluding carboxylic acids is 1. The zero-order valence-corrected chi connectivity index (χ0v) is 12.7. The monoisotopic (exact) mass is 290 g/mol. The fourth-order valence-electron chi connectivity index (χ4n) is 2.99. The number of carbonyl (C=O) groups is 1. The Morgan fingerprint density at radius 3 is 3.00 bits per heavy atom. The lowest BCUT2D eigenvalue weighted by Gasteiger charge is -2.52. The van der Waals surface area contributed by atoms with Crippen molar-refractivity contribution in [1.29, 1.82) is 0 Å². The van der Waals surface area contributed by atoms with Crippen LogP contribution in [0.25, 0.3) is 0 Å². The number of hydrogen-bond acceptors (Lipinski definition) is 4. The van der Waals surface area contributed by atoms with Crippen LogP contribution < -0.4 is 15.4 Å². The minimum Gasteiger partial charge on any atom is -0.482 e. The molecule has 1 aliphatic heterocycles. The van der Waals surface area contributed by atoms with E-state index in [-0.39, 0.29) is 17.9 Å². The molecule has 1 aromatic carbocycles. The van der Waals surface area contributed by atoms with Crippen LogP contribution in [0.4, 0.5) is 11.4 Å². The van der Waals surface area contributed by atoms with Crippen molar-refractivity contribution < 1.29 is 14.3 Å². The third-order valence-electron chi connectivity index (χ3n) is 4.50. The first-order valence-electron chi connectivity index (χ1n) is 7.45. The zero-order chi connectivity index (χ0) is 15.0. The predicted octanol–water partition coefficient (Wildman–Crippen LogP) is 2.63. The molecule has 1 saturated carbocycles. The summed E-state index contributed by atoms with van der Waals surface area (Å²) in [5.41, 5.74) is 1.83. The second-order valence-corrected chi connectivity index (χ2v) is 6.25. The van der Waals surface area contributed by atoms with Gasteiger partial charge < -0.3 is 20.1 Å². The molecule has 2 atom stereocenters. The minimum atomic E-state index is -0.111. The van der Waals surface area contributed by atoms with Gasteiger partial charge in [0, 0.05) is 23.8 Å². The van der Waals surface area contributed by atoms with Crippen LogP contribution in [0.15, 0.2) is 18.2 Å². The molecule has 5 nitrogen and oxygen atoms in total. The van der Waals surface area contributed by atoms with Crippen molar-refractivity contribution in [2.24, 2.45) is 5.41 Å². The van der Waals surface area contributed by atoms with Crippen LogP contribution in [-0.4, -0.2) is 31.3 Å². The molecule has 2 aliphatic rings. The number of benzene rings is 1. The van der Waals surface area contributed by atoms with Gasteiger partial charge in [-0.05, 0) is 31.5 Å². The molecular weight excluding hydrogens is 268 g/mol. The summed E-state index contributed by atoms with van der Waals surface area (Å²) in [4.78, 5) is 11.4. The summed E-state index contributed by atoms with van der Waals surface area (Å²) < 4.78 is 11.1. The Morgan fingerprint density at radius 1 is 1.48 bits per heavy atom. The van der Waals surface area contributed by atoms with Gasteiger partial charge in [0.05, 0.1) is 11.8 Å². The lowest BCUT2D eigenvalue weighted by atomic mass is 9.64. The quantitative estimate of drug-likeness (QED) is 0.895. The summed E-state index contributed by atoms with van der Waals surface area (Å²) in [5, 5.41) is 6.37. The van der Waals surface area contributed by atoms with E-state index >= 15 is 0 Å². The van der Waals surface area contributed by atoms with Crippen LogP contribution in [0.2, 0.25) is 0 Å². The molecule has 1 aliphatic carbocycles. The summed E-state index contributed by atoms with van der Waals surface area (Å²) in [7, 11) is 0. The van der Waals surface area contributed by atoms with Crippen molar-refractivity contribution >= 4 is 17.3 Å². The molecule has 2 N–H and O–H groups in total. The number of rotatable bonds is 4. The van der Waals surface area contributed by atoms with Gasteiger partial charge >= 0.3 is 0 Å². The molecule has 0 bridgehead atoms. The van der Waals surface area contributed by atoms with Gasteiger partial charge in [0.15, 0.2) is 6.61 Å². The molecule has 0 radical (unpaired) electrons. The van der Waals surface area contributed by atoms with E-state index in [9.17, 15) is 4.79 Å². The molecule has 0 saturated heterocycles. The predicted molar refractivity (Wildman–Crippen MR) is 81.8 cm³/mol. The van der Waals surface area contributed by atoms with E-state index in [4.69, 9.17) is 9.47 Å². The zero-order valence-electron chi connectivity index (χ0n) is 12.7. The Balaban J connectivity index is 1.69. The van der Waals surface area contributed by atoms with Crippen molar-refractivity contribution in [2.75, 3.05) is 23.8 Å². The second kappa shape index (κ2) is 5.22. The summed E-state index contributed by atoms with van der Waals surface area (Å²) in [6.07, 6.45) is 1.31. The molecule has 0 spiro atoms. The van der Waals surface area contributed by atoms with Crippen LogP contribution in [-0.2, 0) is 9.53 Å². The van der Waals surface area contributed by atoms with Gasteiger partial charge in [0.1, 0.15) is 5.75 Å². The van der Waals surface area contributed by atoms with Gasteiger partial charge in [-0.25, -0.2) is 0 Å². The van der Waals surface area contributed by atoms with Crippen LogP contribution >= 0.6 is 0 Å². The van der Waals surface area contributed by atoms with Crippen LogP contribution in [0, 0.1) is 5.41 Å². The minimum absolute atomic E-state index is 0.0888. The van der Waals surface area contributed by atoms with Crippen LogP contribution in [0.3, 0.4) is 0 Å². The van der Waals surface area contributed by atoms with Crippen molar-refractivity contribution in [3.8, 4) is 5.75 Å². The maximum Gasteiger partial charge on any atom is 0.262 e. The lowest BCUT2D eigenvalue weighted by molar-refractivity contribution is -0.118. The van der Waals surface area contributed by atoms with E-state index in [1.807, 2.05) is 25.1 Å². The van der Waals surface area contributed by atoms with Gasteiger partial charge in [-0.3, -0.25) is 4.79 Å². The fraction of sp³-hybridized carbons (Fsp3) is 0.562. The summed E-state index contributed by atoms with van der Waals surface area (Å²) >= 11 is 0. The first kappa shape index (κ1) is 14.2. The first-order chi connectivity index (χ1) is 10.0. The highest BCUT2D eigenvalue weighted by Crippen LogP contribution is 2.44. The van der Waals surface area contributed by atoms with E-state index in [2.05, 4.69) is 24.5 Å². The number of hydrogen-bond donors (Lipinski definition) is 2. The number of anilines is 2. The maximum atomic E-state index is 11.4. The highest BCUT2D eigenvalue weighted by molar-refractivity contribution is 5.96. The average Bonchev–Trinajstić information content (AvgIpc) is 2.46. The summed E-state index contributed by atoms with van der Waals surface area (Å²) in [5.74, 6) is 0.611. The second-order valence-electron chi connectivity index (χ2n) is 6.25. The highest BCUT2D eigenvalue weighted by Gasteiger charge is 2.48. The Hall–Kier alpha value is -1.75. The van der Waals surface area contributed by atoms with Crippen molar-refractivity contribution in [1.82, 2.24) is 0 Å². The topological polar surface area (TPSA) is 59.6 Å². The molecule has 1 heterocycles. The molecule has 1 fully saturated rings. The van der Waals surface area contributed by atoms with E-state index in [0.29, 0.717) is 12.1 Å². The maximum absolute atomic E-state index is 11.4. The Bertz CT molecular complexity index is 556. The van der Waals surface area contributed by atoms with E-state index in [0.717, 1.165) is 30.2 Å². The molecule has 114 valence electrons. The van der Waals surface area contributed by atoms with Gasteiger partial charge in [-0.1, -0.05) is 13.8 Å². The Kier molecular flexibility index (Phi) is 3.53. The molecular formula is C16H22N2O3. The molecule has 1 aromatic rings. The number of amides is 1. The molecule has 2 unspecified atom stereocenters. The highest BCUT2D eigenvalue weighted by atomic mass is 16.5. The van der Waals surface area contributed by atoms with Crippen molar-refractivity contribution in [2.45, 2.75) is 39.3 Å². The number of fused-ring (bicyclic) bond motifs is 1. The standard InChI is InChI=1S/C16H22N2O3/c1-4-20-14-8-13(16(14,2)3)17-10-5-6-12-11(7-10)18-15(19)9-21-12/h5-7,13-14,17H,4,8-9H2,1-3H3,(H,18,19). The molecule has 1 amide bonds. The van der Waals surface area contributed by atoms with Gasteiger partial charge in [-0.15, -0.1) is 0 Å². The summed E-state index contributed by atoms with van der Waals surface area (Å²) in [6, 6.07) is 6.17. The number of ether oxygens (including phenoxy) is 2. The van der Waals surface area contributed by atoms with Gasteiger partial charge in [0.25, 0.3) is 5.91 Å². The Morgan fingerprint density at radius 2 is 2.29 bits per heavy atom. The third kappa shape index (κ3) is 2.58.